The summed E-state index contributed by atoms with van der Waals surface area (Å²) in [7, 11) is -3.81. The third kappa shape index (κ3) is 8.30. The number of piperazine rings is 1. The molecule has 0 unspecified atom stereocenters. The number of aromatic nitrogens is 1. The molecule has 0 atom stereocenters. The number of nitrogens with zero attached hydrogens (tertiary/aromatic N) is 2. The summed E-state index contributed by atoms with van der Waals surface area (Å²) in [5.74, 6) is -2.37. The molecule has 10 nitrogen and oxygen atoms in total. The molecular weight excluding hydrogens is 539 g/mol. The van der Waals surface area contributed by atoms with Gasteiger partial charge in [-0.15, -0.1) is 0 Å². The first-order valence-electron chi connectivity index (χ1n) is 12.4. The standard InChI is InChI=1S/C23H31N5O3S.C2HF3O2/c1-16-7-8-17(2)21(13-16)32(30,31)27-19-14-20(23(29)26-18-5-3-4-6-18)22(25-15-19)28-11-9-24-10-12-28;3-2(4,5)1(6)7/h7-8,13-15,18,24,27H,3-6,9-12H2,1-2H3,(H,26,29);(H,6,7). The summed E-state index contributed by atoms with van der Waals surface area (Å²) in [6.45, 7) is 6.72. The Morgan fingerprint density at radius 2 is 1.72 bits per heavy atom. The number of halogens is 3. The van der Waals surface area contributed by atoms with Crippen molar-refractivity contribution >= 4 is 33.4 Å². The van der Waals surface area contributed by atoms with Crippen LogP contribution >= 0.6 is 0 Å². The molecule has 14 heteroatoms. The van der Waals surface area contributed by atoms with E-state index in [0.29, 0.717) is 16.9 Å². The van der Waals surface area contributed by atoms with E-state index in [1.165, 1.54) is 6.20 Å². The van der Waals surface area contributed by atoms with Crippen molar-refractivity contribution < 1.29 is 36.3 Å². The summed E-state index contributed by atoms with van der Waals surface area (Å²) in [6, 6.07) is 7.08. The number of rotatable bonds is 6. The Hall–Kier alpha value is -3.39. The fraction of sp³-hybridized carbons (Fsp3) is 0.480. The monoisotopic (exact) mass is 571 g/mol. The molecule has 4 rings (SSSR count). The van der Waals surface area contributed by atoms with Gasteiger partial charge in [-0.05, 0) is 49.9 Å². The van der Waals surface area contributed by atoms with Gasteiger partial charge >= 0.3 is 12.1 Å². The Labute approximate surface area is 225 Å². The molecule has 0 bridgehead atoms. The maximum Gasteiger partial charge on any atom is 0.490 e. The molecule has 0 spiro atoms. The lowest BCUT2D eigenvalue weighted by Crippen LogP contribution is -2.45. The van der Waals surface area contributed by atoms with E-state index in [9.17, 15) is 26.4 Å². The number of carbonyl (C=O) groups is 2. The fourth-order valence-electron chi connectivity index (χ4n) is 4.35. The van der Waals surface area contributed by atoms with E-state index in [1.54, 1.807) is 25.1 Å². The number of sulfonamides is 1. The third-order valence-corrected chi connectivity index (χ3v) is 7.87. The molecule has 2 heterocycles. The van der Waals surface area contributed by atoms with E-state index >= 15 is 0 Å². The van der Waals surface area contributed by atoms with Crippen LogP contribution in [-0.2, 0) is 14.8 Å². The zero-order chi connectivity index (χ0) is 28.8. The van der Waals surface area contributed by atoms with Crippen LogP contribution in [0.5, 0.6) is 0 Å². The van der Waals surface area contributed by atoms with Gasteiger partial charge in [0.25, 0.3) is 15.9 Å². The highest BCUT2D eigenvalue weighted by atomic mass is 32.2. The van der Waals surface area contributed by atoms with Gasteiger partial charge < -0.3 is 20.6 Å². The van der Waals surface area contributed by atoms with E-state index in [2.05, 4.69) is 25.2 Å². The van der Waals surface area contributed by atoms with Crippen molar-refractivity contribution in [2.45, 2.75) is 56.6 Å². The van der Waals surface area contributed by atoms with Crippen LogP contribution in [0.1, 0.15) is 47.2 Å². The van der Waals surface area contributed by atoms with Crippen LogP contribution in [0.3, 0.4) is 0 Å². The third-order valence-electron chi connectivity index (χ3n) is 6.35. The van der Waals surface area contributed by atoms with Crippen LogP contribution in [0.2, 0.25) is 0 Å². The smallest absolute Gasteiger partial charge is 0.475 e. The fourth-order valence-corrected chi connectivity index (χ4v) is 5.71. The number of alkyl halides is 3. The number of amides is 1. The number of pyridine rings is 1. The Balaban J connectivity index is 0.000000532. The Bertz CT molecular complexity index is 1290. The average molecular weight is 572 g/mol. The van der Waals surface area contributed by atoms with Crippen LogP contribution < -0.4 is 20.3 Å². The van der Waals surface area contributed by atoms with Gasteiger partial charge in [-0.3, -0.25) is 9.52 Å². The molecule has 2 aromatic rings. The number of hydrogen-bond donors (Lipinski definition) is 4. The molecule has 0 radical (unpaired) electrons. The predicted octanol–water partition coefficient (Wildman–Crippen LogP) is 3.21. The topological polar surface area (TPSA) is 141 Å². The second kappa shape index (κ2) is 12.6. The van der Waals surface area contributed by atoms with Gasteiger partial charge in [0.05, 0.1) is 22.3 Å². The highest BCUT2D eigenvalue weighted by molar-refractivity contribution is 7.92. The van der Waals surface area contributed by atoms with Crippen LogP contribution in [0.25, 0.3) is 0 Å². The molecule has 1 saturated carbocycles. The van der Waals surface area contributed by atoms with Crippen LogP contribution in [0, 0.1) is 13.8 Å². The lowest BCUT2D eigenvalue weighted by molar-refractivity contribution is -0.192. The first-order valence-corrected chi connectivity index (χ1v) is 13.9. The van der Waals surface area contributed by atoms with Crippen molar-refractivity contribution in [1.29, 1.82) is 0 Å². The number of benzene rings is 1. The second-order valence-electron chi connectivity index (χ2n) is 9.46. The molecule has 1 aromatic heterocycles. The van der Waals surface area contributed by atoms with E-state index in [0.717, 1.165) is 57.4 Å². The number of carboxylic acid groups (broad SMARTS) is 1. The molecule has 1 aliphatic carbocycles. The van der Waals surface area contributed by atoms with E-state index in [-0.39, 0.29) is 22.5 Å². The molecule has 1 saturated heterocycles. The lowest BCUT2D eigenvalue weighted by atomic mass is 10.1. The maximum absolute atomic E-state index is 13.2. The number of carbonyl (C=O) groups excluding carboxylic acids is 1. The first kappa shape index (κ1) is 30.2. The van der Waals surface area contributed by atoms with Gasteiger partial charge in [-0.2, -0.15) is 13.2 Å². The number of carboxylic acids is 1. The number of anilines is 2. The minimum atomic E-state index is -5.08. The van der Waals surface area contributed by atoms with Crippen molar-refractivity contribution in [1.82, 2.24) is 15.6 Å². The highest BCUT2D eigenvalue weighted by Crippen LogP contribution is 2.26. The van der Waals surface area contributed by atoms with Crippen LogP contribution in [0.4, 0.5) is 24.7 Å². The minimum absolute atomic E-state index is 0.161. The van der Waals surface area contributed by atoms with Gasteiger partial charge in [0.1, 0.15) is 5.82 Å². The van der Waals surface area contributed by atoms with Crippen molar-refractivity contribution in [3.63, 3.8) is 0 Å². The van der Waals surface area contributed by atoms with Gasteiger partial charge in [-0.25, -0.2) is 18.2 Å². The number of aliphatic carboxylic acids is 1. The van der Waals surface area contributed by atoms with Gasteiger partial charge in [-0.1, -0.05) is 25.0 Å². The van der Waals surface area contributed by atoms with Gasteiger partial charge in [0.15, 0.2) is 0 Å². The van der Waals surface area contributed by atoms with Crippen LogP contribution in [0.15, 0.2) is 35.4 Å². The van der Waals surface area contributed by atoms with Gasteiger partial charge in [0.2, 0.25) is 0 Å². The molecule has 1 aromatic carbocycles. The predicted molar refractivity (Wildman–Crippen MR) is 139 cm³/mol. The normalized spacial score (nSPS) is 16.3. The molecule has 1 aliphatic heterocycles. The lowest BCUT2D eigenvalue weighted by Gasteiger charge is -2.30. The zero-order valence-corrected chi connectivity index (χ0v) is 22.5. The molecule has 214 valence electrons. The Morgan fingerprint density at radius 1 is 1.10 bits per heavy atom. The maximum atomic E-state index is 13.2. The van der Waals surface area contributed by atoms with Gasteiger partial charge in [0, 0.05) is 32.2 Å². The van der Waals surface area contributed by atoms with Crippen molar-refractivity contribution in [2.24, 2.45) is 0 Å². The molecule has 1 amide bonds. The first-order chi connectivity index (χ1) is 18.3. The van der Waals surface area contributed by atoms with E-state index in [4.69, 9.17) is 9.90 Å². The summed E-state index contributed by atoms with van der Waals surface area (Å²) in [6.07, 6.45) is 0.585. The molecule has 39 heavy (non-hydrogen) atoms. The average Bonchev–Trinajstić information content (AvgIpc) is 3.38. The summed E-state index contributed by atoms with van der Waals surface area (Å²) >= 11 is 0. The van der Waals surface area contributed by atoms with E-state index < -0.39 is 22.2 Å². The molecule has 2 fully saturated rings. The molecule has 2 aliphatic rings. The summed E-state index contributed by atoms with van der Waals surface area (Å²) in [5, 5.41) is 13.5. The zero-order valence-electron chi connectivity index (χ0n) is 21.6. The minimum Gasteiger partial charge on any atom is -0.475 e. The number of nitrogens with one attached hydrogen (secondary N) is 3. The van der Waals surface area contributed by atoms with Crippen molar-refractivity contribution in [3.8, 4) is 0 Å². The second-order valence-corrected chi connectivity index (χ2v) is 11.1. The molecule has 4 N–H and O–H groups in total. The SMILES string of the molecule is Cc1ccc(C)c(S(=O)(=O)Nc2cnc(N3CCNCC3)c(C(=O)NC3CCCC3)c2)c1.O=C(O)C(F)(F)F. The highest BCUT2D eigenvalue weighted by Gasteiger charge is 2.38. The van der Waals surface area contributed by atoms with Crippen molar-refractivity contribution in [3.05, 3.63) is 47.2 Å². The van der Waals surface area contributed by atoms with Crippen molar-refractivity contribution in [2.75, 3.05) is 35.8 Å². The largest absolute Gasteiger partial charge is 0.490 e. The van der Waals surface area contributed by atoms with E-state index in [1.807, 2.05) is 13.0 Å². The number of aryl methyl sites for hydroxylation is 2. The quantitative estimate of drug-likeness (QED) is 0.414. The summed E-state index contributed by atoms with van der Waals surface area (Å²) in [4.78, 5) is 28.9. The van der Waals surface area contributed by atoms with Crippen LogP contribution in [-0.4, -0.2) is 68.8 Å². The number of hydrogen-bond acceptors (Lipinski definition) is 7. The Morgan fingerprint density at radius 3 is 2.31 bits per heavy atom. The summed E-state index contributed by atoms with van der Waals surface area (Å²) in [5.41, 5.74) is 2.20. The summed E-state index contributed by atoms with van der Waals surface area (Å²) < 4.78 is 60.5. The molecular formula is C25H32F3N5O5S. The Kier molecular flexibility index (Phi) is 9.78.